The lowest BCUT2D eigenvalue weighted by Gasteiger charge is -2.11. The molecule has 2 aromatic rings. The lowest BCUT2D eigenvalue weighted by Crippen LogP contribution is -2.20. The Hall–Kier alpha value is -2.29. The maximum atomic E-state index is 12.0. The quantitative estimate of drug-likeness (QED) is 0.746. The second-order valence-electron chi connectivity index (χ2n) is 6.49. The molecule has 24 heavy (non-hydrogen) atoms. The topological polar surface area (TPSA) is 38.3 Å². The first-order valence-corrected chi connectivity index (χ1v) is 8.62. The SMILES string of the molecule is CC[C@@H](C)c1ccc(NC(=O)COc2ccc(C(C)C)cc2)cc1. The number of carbonyl (C=O) groups excluding carboxylic acids is 1. The maximum Gasteiger partial charge on any atom is 0.262 e. The third kappa shape index (κ3) is 5.12. The smallest absolute Gasteiger partial charge is 0.262 e. The molecule has 0 heterocycles. The second kappa shape index (κ2) is 8.53. The van der Waals surface area contributed by atoms with E-state index in [9.17, 15) is 4.79 Å². The highest BCUT2D eigenvalue weighted by molar-refractivity contribution is 5.91. The standard InChI is InChI=1S/C21H27NO2/c1-5-16(4)18-6-10-19(11-7-18)22-21(23)14-24-20-12-8-17(9-13-20)15(2)3/h6-13,15-16H,5,14H2,1-4H3,(H,22,23)/t16-/m1/s1. The average molecular weight is 325 g/mol. The molecule has 0 bridgehead atoms. The monoisotopic (exact) mass is 325 g/mol. The fourth-order valence-electron chi connectivity index (χ4n) is 2.43. The number of benzene rings is 2. The Labute approximate surface area is 145 Å². The van der Waals surface area contributed by atoms with Crippen molar-refractivity contribution in [1.29, 1.82) is 0 Å². The minimum Gasteiger partial charge on any atom is -0.484 e. The largest absolute Gasteiger partial charge is 0.484 e. The highest BCUT2D eigenvalue weighted by Crippen LogP contribution is 2.21. The maximum absolute atomic E-state index is 12.0. The first-order valence-electron chi connectivity index (χ1n) is 8.62. The zero-order valence-corrected chi connectivity index (χ0v) is 15.0. The minimum absolute atomic E-state index is 0.00807. The van der Waals surface area contributed by atoms with Crippen LogP contribution in [0.2, 0.25) is 0 Å². The summed E-state index contributed by atoms with van der Waals surface area (Å²) < 4.78 is 5.54. The van der Waals surface area contributed by atoms with E-state index in [0.29, 0.717) is 17.6 Å². The molecule has 0 aliphatic heterocycles. The molecule has 2 aromatic carbocycles. The van der Waals surface area contributed by atoms with Crippen LogP contribution in [0.15, 0.2) is 48.5 Å². The van der Waals surface area contributed by atoms with Crippen LogP contribution in [0.1, 0.15) is 57.1 Å². The van der Waals surface area contributed by atoms with E-state index in [4.69, 9.17) is 4.74 Å². The third-order valence-electron chi connectivity index (χ3n) is 4.29. The molecule has 0 saturated carbocycles. The number of rotatable bonds is 7. The molecule has 1 atom stereocenters. The summed E-state index contributed by atoms with van der Waals surface area (Å²) in [6.45, 7) is 8.68. The van der Waals surface area contributed by atoms with Crippen LogP contribution in [-0.2, 0) is 4.79 Å². The van der Waals surface area contributed by atoms with Crippen molar-refractivity contribution in [3.05, 3.63) is 59.7 Å². The molecule has 1 amide bonds. The fraction of sp³-hybridized carbons (Fsp3) is 0.381. The predicted octanol–water partition coefficient (Wildman–Crippen LogP) is 5.34. The first kappa shape index (κ1) is 18.1. The highest BCUT2D eigenvalue weighted by atomic mass is 16.5. The van der Waals surface area contributed by atoms with Crippen LogP contribution < -0.4 is 10.1 Å². The second-order valence-corrected chi connectivity index (χ2v) is 6.49. The van der Waals surface area contributed by atoms with E-state index in [0.717, 1.165) is 12.1 Å². The number of amides is 1. The van der Waals surface area contributed by atoms with E-state index < -0.39 is 0 Å². The Morgan fingerprint density at radius 2 is 1.54 bits per heavy atom. The molecule has 3 heteroatoms. The molecule has 0 aromatic heterocycles. The van der Waals surface area contributed by atoms with Gasteiger partial charge in [-0.2, -0.15) is 0 Å². The molecule has 0 spiro atoms. The molecule has 0 aliphatic carbocycles. The summed E-state index contributed by atoms with van der Waals surface area (Å²) in [7, 11) is 0. The zero-order valence-electron chi connectivity index (χ0n) is 15.0. The van der Waals surface area contributed by atoms with Gasteiger partial charge in [-0.15, -0.1) is 0 Å². The fourth-order valence-corrected chi connectivity index (χ4v) is 2.43. The van der Waals surface area contributed by atoms with Crippen LogP contribution in [0.5, 0.6) is 5.75 Å². The van der Waals surface area contributed by atoms with Gasteiger partial charge in [0.1, 0.15) is 5.75 Å². The molecule has 0 saturated heterocycles. The zero-order chi connectivity index (χ0) is 17.5. The summed E-state index contributed by atoms with van der Waals surface area (Å²) in [5.74, 6) is 1.58. The summed E-state index contributed by atoms with van der Waals surface area (Å²) in [5, 5.41) is 2.86. The number of nitrogens with one attached hydrogen (secondary N) is 1. The van der Waals surface area contributed by atoms with Crippen LogP contribution in [0, 0.1) is 0 Å². The molecule has 0 radical (unpaired) electrons. The van der Waals surface area contributed by atoms with E-state index >= 15 is 0 Å². The predicted molar refractivity (Wildman–Crippen MR) is 99.8 cm³/mol. The number of ether oxygens (including phenoxy) is 1. The Morgan fingerprint density at radius 3 is 2.08 bits per heavy atom. The van der Waals surface area contributed by atoms with Crippen LogP contribution in [0.25, 0.3) is 0 Å². The van der Waals surface area contributed by atoms with E-state index in [1.807, 2.05) is 36.4 Å². The van der Waals surface area contributed by atoms with Crippen molar-refractivity contribution in [2.45, 2.75) is 46.0 Å². The van der Waals surface area contributed by atoms with Crippen LogP contribution in [0.3, 0.4) is 0 Å². The Bertz CT molecular complexity index is 645. The molecule has 0 unspecified atom stereocenters. The Morgan fingerprint density at radius 1 is 0.958 bits per heavy atom. The van der Waals surface area contributed by atoms with Crippen LogP contribution in [-0.4, -0.2) is 12.5 Å². The molecule has 0 aliphatic rings. The number of hydrogen-bond donors (Lipinski definition) is 1. The van der Waals surface area contributed by atoms with Crippen molar-refractivity contribution < 1.29 is 9.53 Å². The lowest BCUT2D eigenvalue weighted by atomic mass is 9.99. The van der Waals surface area contributed by atoms with E-state index in [2.05, 4.69) is 45.1 Å². The highest BCUT2D eigenvalue weighted by Gasteiger charge is 2.06. The van der Waals surface area contributed by atoms with Crippen molar-refractivity contribution in [3.8, 4) is 5.75 Å². The number of carbonyl (C=O) groups is 1. The van der Waals surface area contributed by atoms with Gasteiger partial charge < -0.3 is 10.1 Å². The summed E-state index contributed by atoms with van der Waals surface area (Å²) in [6.07, 6.45) is 1.11. The molecular formula is C21H27NO2. The molecule has 128 valence electrons. The van der Waals surface area contributed by atoms with E-state index in [1.54, 1.807) is 0 Å². The summed E-state index contributed by atoms with van der Waals surface area (Å²) in [5.41, 5.74) is 3.34. The van der Waals surface area contributed by atoms with Gasteiger partial charge in [0.05, 0.1) is 0 Å². The Balaban J connectivity index is 1.84. The van der Waals surface area contributed by atoms with Crippen molar-refractivity contribution in [2.24, 2.45) is 0 Å². The van der Waals surface area contributed by atoms with Gasteiger partial charge in [-0.25, -0.2) is 0 Å². The molecule has 0 fully saturated rings. The lowest BCUT2D eigenvalue weighted by molar-refractivity contribution is -0.118. The summed E-state index contributed by atoms with van der Waals surface area (Å²) in [6, 6.07) is 15.9. The van der Waals surface area contributed by atoms with Crippen molar-refractivity contribution in [1.82, 2.24) is 0 Å². The third-order valence-corrected chi connectivity index (χ3v) is 4.29. The van der Waals surface area contributed by atoms with Gasteiger partial charge in [0, 0.05) is 5.69 Å². The summed E-state index contributed by atoms with van der Waals surface area (Å²) in [4.78, 5) is 12.0. The van der Waals surface area contributed by atoms with Crippen molar-refractivity contribution in [3.63, 3.8) is 0 Å². The van der Waals surface area contributed by atoms with Gasteiger partial charge in [-0.1, -0.05) is 52.0 Å². The minimum atomic E-state index is -0.153. The van der Waals surface area contributed by atoms with Gasteiger partial charge >= 0.3 is 0 Å². The van der Waals surface area contributed by atoms with E-state index in [-0.39, 0.29) is 12.5 Å². The van der Waals surface area contributed by atoms with Gasteiger partial charge in [0.2, 0.25) is 0 Å². The number of hydrogen-bond acceptors (Lipinski definition) is 2. The molecule has 1 N–H and O–H groups in total. The first-order chi connectivity index (χ1) is 11.5. The summed E-state index contributed by atoms with van der Waals surface area (Å²) >= 11 is 0. The van der Waals surface area contributed by atoms with Crippen molar-refractivity contribution in [2.75, 3.05) is 11.9 Å². The Kier molecular flexibility index (Phi) is 6.42. The van der Waals surface area contributed by atoms with Crippen LogP contribution in [0.4, 0.5) is 5.69 Å². The molecular weight excluding hydrogens is 298 g/mol. The van der Waals surface area contributed by atoms with Gasteiger partial charge in [-0.05, 0) is 53.6 Å². The van der Waals surface area contributed by atoms with E-state index in [1.165, 1.54) is 11.1 Å². The van der Waals surface area contributed by atoms with Gasteiger partial charge in [0.15, 0.2) is 6.61 Å². The van der Waals surface area contributed by atoms with Gasteiger partial charge in [-0.3, -0.25) is 4.79 Å². The number of anilines is 1. The van der Waals surface area contributed by atoms with Gasteiger partial charge in [0.25, 0.3) is 5.91 Å². The normalized spacial score (nSPS) is 12.0. The molecule has 3 nitrogen and oxygen atoms in total. The van der Waals surface area contributed by atoms with Crippen LogP contribution >= 0.6 is 0 Å². The average Bonchev–Trinajstić information content (AvgIpc) is 2.60. The molecule has 2 rings (SSSR count). The van der Waals surface area contributed by atoms with Crippen molar-refractivity contribution >= 4 is 11.6 Å².